The van der Waals surface area contributed by atoms with Crippen molar-refractivity contribution in [2.45, 2.75) is 46.0 Å². The molecule has 4 rings (SSSR count). The van der Waals surface area contributed by atoms with Crippen LogP contribution in [-0.4, -0.2) is 30.5 Å². The van der Waals surface area contributed by atoms with Gasteiger partial charge in [0.25, 0.3) is 5.91 Å². The molecule has 3 aromatic heterocycles. The highest BCUT2D eigenvalue weighted by atomic mass is 19.1. The zero-order chi connectivity index (χ0) is 18.5. The van der Waals surface area contributed by atoms with E-state index in [-0.39, 0.29) is 11.9 Å². The van der Waals surface area contributed by atoms with Crippen molar-refractivity contribution in [3.8, 4) is 0 Å². The molecule has 1 aliphatic rings. The van der Waals surface area contributed by atoms with Crippen LogP contribution in [0.5, 0.6) is 0 Å². The Kier molecular flexibility index (Phi) is 5.50. The molecule has 0 fully saturated rings. The molecule has 0 bridgehead atoms. The van der Waals surface area contributed by atoms with E-state index in [1.165, 1.54) is 12.8 Å². The summed E-state index contributed by atoms with van der Waals surface area (Å²) in [5, 5.41) is 10.5. The van der Waals surface area contributed by atoms with Crippen molar-refractivity contribution in [1.82, 2.24) is 24.6 Å². The van der Waals surface area contributed by atoms with Crippen molar-refractivity contribution in [2.24, 2.45) is 0 Å². The van der Waals surface area contributed by atoms with E-state index in [2.05, 4.69) is 39.3 Å². The van der Waals surface area contributed by atoms with Gasteiger partial charge in [0.15, 0.2) is 11.5 Å². The number of aromatic nitrogens is 5. The van der Waals surface area contributed by atoms with Gasteiger partial charge in [-0.1, -0.05) is 26.7 Å². The Morgan fingerprint density at radius 1 is 1.23 bits per heavy atom. The number of fused-ring (bicyclic) bond motifs is 3. The second-order valence-electron chi connectivity index (χ2n) is 6.09. The number of carbonyl (C=O) groups excluding carboxylic acids is 1. The minimum atomic E-state index is -0.560. The van der Waals surface area contributed by atoms with Gasteiger partial charge in [0.2, 0.25) is 5.95 Å². The minimum Gasteiger partial charge on any atom is -0.290 e. The van der Waals surface area contributed by atoms with Crippen molar-refractivity contribution >= 4 is 17.5 Å². The first-order valence-corrected chi connectivity index (χ1v) is 8.77. The standard InChI is InChI=1S/C14H11FN6O.C4H10/c15-9-5-16-14(17-6-9)19-13(22)10-4-8-2-1-3-11(8)21-7-18-20-12(10)21;1-3-4-2/h4-7H,1-3H2,(H,16,17,19,22);3-4H2,1-2H3. The van der Waals surface area contributed by atoms with Crippen molar-refractivity contribution < 1.29 is 9.18 Å². The summed E-state index contributed by atoms with van der Waals surface area (Å²) in [5.41, 5.74) is 3.18. The number of pyridine rings is 1. The fourth-order valence-corrected chi connectivity index (χ4v) is 2.75. The molecule has 0 unspecified atom stereocenters. The van der Waals surface area contributed by atoms with Gasteiger partial charge in [-0.25, -0.2) is 14.4 Å². The van der Waals surface area contributed by atoms with Crippen LogP contribution in [0.3, 0.4) is 0 Å². The smallest absolute Gasteiger partial charge is 0.261 e. The SMILES string of the molecule is CCCC.O=C(Nc1ncc(F)cn1)c1cc2c(n3cnnc13)CCC2. The van der Waals surface area contributed by atoms with E-state index in [0.29, 0.717) is 11.2 Å². The lowest BCUT2D eigenvalue weighted by Gasteiger charge is -2.08. The Morgan fingerprint density at radius 2 is 1.96 bits per heavy atom. The topological polar surface area (TPSA) is 85.1 Å². The maximum Gasteiger partial charge on any atom is 0.261 e. The van der Waals surface area contributed by atoms with Crippen LogP contribution in [0.15, 0.2) is 24.8 Å². The maximum absolute atomic E-state index is 12.8. The molecule has 7 nitrogen and oxygen atoms in total. The number of nitrogens with one attached hydrogen (secondary N) is 1. The lowest BCUT2D eigenvalue weighted by atomic mass is 10.1. The Hall–Kier alpha value is -2.90. The molecule has 0 radical (unpaired) electrons. The van der Waals surface area contributed by atoms with E-state index in [4.69, 9.17) is 0 Å². The van der Waals surface area contributed by atoms with Gasteiger partial charge in [-0.2, -0.15) is 0 Å². The summed E-state index contributed by atoms with van der Waals surface area (Å²) in [7, 11) is 0. The van der Waals surface area contributed by atoms with Gasteiger partial charge in [-0.3, -0.25) is 14.5 Å². The van der Waals surface area contributed by atoms with Crippen molar-refractivity contribution in [1.29, 1.82) is 0 Å². The molecule has 0 aliphatic heterocycles. The molecule has 1 aliphatic carbocycles. The van der Waals surface area contributed by atoms with Crippen molar-refractivity contribution in [3.63, 3.8) is 0 Å². The molecule has 3 aromatic rings. The van der Waals surface area contributed by atoms with Crippen LogP contribution in [0, 0.1) is 5.82 Å². The molecular formula is C18H21FN6O. The van der Waals surface area contributed by atoms with Gasteiger partial charge in [-0.05, 0) is 30.9 Å². The number of carbonyl (C=O) groups is 1. The number of nitrogens with zero attached hydrogens (tertiary/aromatic N) is 5. The van der Waals surface area contributed by atoms with E-state index in [1.54, 1.807) is 6.33 Å². The molecule has 0 saturated carbocycles. The normalized spacial score (nSPS) is 12.4. The largest absolute Gasteiger partial charge is 0.290 e. The molecular weight excluding hydrogens is 335 g/mol. The summed E-state index contributed by atoms with van der Waals surface area (Å²) in [5.74, 6) is -0.903. The first-order valence-electron chi connectivity index (χ1n) is 8.77. The number of halogens is 1. The second-order valence-corrected chi connectivity index (χ2v) is 6.09. The highest BCUT2D eigenvalue weighted by Crippen LogP contribution is 2.25. The fraction of sp³-hybridized carbons (Fsp3) is 0.389. The number of amides is 1. The monoisotopic (exact) mass is 356 g/mol. The average molecular weight is 356 g/mol. The van der Waals surface area contributed by atoms with Crippen LogP contribution in [-0.2, 0) is 12.8 Å². The van der Waals surface area contributed by atoms with Crippen LogP contribution >= 0.6 is 0 Å². The molecule has 0 atom stereocenters. The molecule has 136 valence electrons. The van der Waals surface area contributed by atoms with Gasteiger partial charge in [0.1, 0.15) is 6.33 Å². The summed E-state index contributed by atoms with van der Waals surface area (Å²) >= 11 is 0. The second kappa shape index (κ2) is 7.99. The van der Waals surface area contributed by atoms with Gasteiger partial charge >= 0.3 is 0 Å². The molecule has 1 N–H and O–H groups in total. The third kappa shape index (κ3) is 3.68. The van der Waals surface area contributed by atoms with Crippen molar-refractivity contribution in [3.05, 3.63) is 47.4 Å². The Morgan fingerprint density at radius 3 is 2.65 bits per heavy atom. The van der Waals surface area contributed by atoms with Gasteiger partial charge < -0.3 is 0 Å². The predicted octanol–water partition coefficient (Wildman–Crippen LogP) is 3.21. The number of hydrogen-bond acceptors (Lipinski definition) is 5. The zero-order valence-electron chi connectivity index (χ0n) is 14.9. The first-order chi connectivity index (χ1) is 12.6. The van der Waals surface area contributed by atoms with Crippen molar-refractivity contribution in [2.75, 3.05) is 5.32 Å². The van der Waals surface area contributed by atoms with Crippen LogP contribution in [0.1, 0.15) is 54.7 Å². The third-order valence-electron chi connectivity index (χ3n) is 4.22. The molecule has 0 saturated heterocycles. The van der Waals surface area contributed by atoms with Crippen LogP contribution in [0.25, 0.3) is 5.65 Å². The number of hydrogen-bond donors (Lipinski definition) is 1. The van der Waals surface area contributed by atoms with Gasteiger partial charge in [0, 0.05) is 5.69 Å². The third-order valence-corrected chi connectivity index (χ3v) is 4.22. The number of unbranched alkanes of at least 4 members (excludes halogenated alkanes) is 1. The Balaban J connectivity index is 0.000000447. The maximum atomic E-state index is 12.8. The van der Waals surface area contributed by atoms with E-state index in [1.807, 2.05) is 10.5 Å². The van der Waals surface area contributed by atoms with Gasteiger partial charge in [0.05, 0.1) is 18.0 Å². The average Bonchev–Trinajstić information content (AvgIpc) is 3.31. The summed E-state index contributed by atoms with van der Waals surface area (Å²) in [6.07, 6.45) is 9.18. The van der Waals surface area contributed by atoms with Gasteiger partial charge in [-0.15, -0.1) is 10.2 Å². The van der Waals surface area contributed by atoms with E-state index < -0.39 is 5.82 Å². The lowest BCUT2D eigenvalue weighted by molar-refractivity contribution is 0.102. The van der Waals surface area contributed by atoms with E-state index >= 15 is 0 Å². The minimum absolute atomic E-state index is 0.0459. The summed E-state index contributed by atoms with van der Waals surface area (Å²) < 4.78 is 14.7. The molecule has 1 amide bonds. The summed E-state index contributed by atoms with van der Waals surface area (Å²) in [6.45, 7) is 4.36. The first kappa shape index (κ1) is 17.9. The molecule has 3 heterocycles. The van der Waals surface area contributed by atoms with E-state index in [0.717, 1.165) is 42.9 Å². The van der Waals surface area contributed by atoms with Crippen LogP contribution in [0.4, 0.5) is 10.3 Å². The quantitative estimate of drug-likeness (QED) is 0.779. The molecule has 0 spiro atoms. The Labute approximate surface area is 150 Å². The summed E-state index contributed by atoms with van der Waals surface area (Å²) in [4.78, 5) is 19.9. The van der Waals surface area contributed by atoms with E-state index in [9.17, 15) is 9.18 Å². The molecule has 26 heavy (non-hydrogen) atoms. The zero-order valence-corrected chi connectivity index (χ0v) is 14.9. The number of aryl methyl sites for hydroxylation is 2. The molecule has 0 aromatic carbocycles. The molecule has 8 heteroatoms. The predicted molar refractivity (Wildman–Crippen MR) is 95.5 cm³/mol. The number of anilines is 1. The van der Waals surface area contributed by atoms with Crippen LogP contribution in [0.2, 0.25) is 0 Å². The summed E-state index contributed by atoms with van der Waals surface area (Å²) in [6, 6.07) is 1.84. The number of rotatable bonds is 3. The Bertz CT molecular complexity index is 904. The lowest BCUT2D eigenvalue weighted by Crippen LogP contribution is -2.16. The van der Waals surface area contributed by atoms with Crippen LogP contribution < -0.4 is 5.32 Å². The fourth-order valence-electron chi connectivity index (χ4n) is 2.75. The highest BCUT2D eigenvalue weighted by molar-refractivity contribution is 6.07. The highest BCUT2D eigenvalue weighted by Gasteiger charge is 2.21.